The Morgan fingerprint density at radius 3 is 2.74 bits per heavy atom. The number of benzene rings is 1. The van der Waals surface area contributed by atoms with Gasteiger partial charge in [0.15, 0.2) is 0 Å². The molecule has 0 amide bonds. The number of anilines is 1. The van der Waals surface area contributed by atoms with Crippen molar-refractivity contribution in [2.75, 3.05) is 24.6 Å². The maximum absolute atomic E-state index is 6.62. The average molecular weight is 260 g/mol. The Balaban J connectivity index is 1.80. The number of nitrogens with two attached hydrogens (primary N) is 1. The summed E-state index contributed by atoms with van der Waals surface area (Å²) in [7, 11) is 0. The van der Waals surface area contributed by atoms with Crippen LogP contribution in [-0.4, -0.2) is 25.2 Å². The molecule has 3 rings (SSSR count). The second-order valence-corrected chi connectivity index (χ2v) is 6.01. The van der Waals surface area contributed by atoms with E-state index in [1.54, 1.807) is 0 Å². The topological polar surface area (TPSA) is 38.5 Å². The van der Waals surface area contributed by atoms with Gasteiger partial charge >= 0.3 is 0 Å². The van der Waals surface area contributed by atoms with Crippen LogP contribution >= 0.6 is 0 Å². The van der Waals surface area contributed by atoms with Gasteiger partial charge in [-0.2, -0.15) is 0 Å². The highest BCUT2D eigenvalue weighted by atomic mass is 16.5. The van der Waals surface area contributed by atoms with Gasteiger partial charge in [0.25, 0.3) is 0 Å². The Kier molecular flexibility index (Phi) is 3.65. The number of hydrogen-bond donors (Lipinski definition) is 1. The zero-order valence-corrected chi connectivity index (χ0v) is 11.6. The Hall–Kier alpha value is -1.22. The Labute approximate surface area is 115 Å². The van der Waals surface area contributed by atoms with Crippen molar-refractivity contribution in [3.63, 3.8) is 0 Å². The van der Waals surface area contributed by atoms with E-state index >= 15 is 0 Å². The summed E-state index contributed by atoms with van der Waals surface area (Å²) in [4.78, 5) is 2.44. The van der Waals surface area contributed by atoms with Crippen LogP contribution in [0.1, 0.15) is 38.5 Å². The summed E-state index contributed by atoms with van der Waals surface area (Å²) in [5.74, 6) is 1.01. The minimum absolute atomic E-state index is 0.00426. The molecule has 1 saturated carbocycles. The molecule has 3 heteroatoms. The predicted molar refractivity (Wildman–Crippen MR) is 78.8 cm³/mol. The molecule has 1 aromatic carbocycles. The van der Waals surface area contributed by atoms with Gasteiger partial charge in [0.1, 0.15) is 5.75 Å². The summed E-state index contributed by atoms with van der Waals surface area (Å²) in [5, 5.41) is 0. The molecule has 104 valence electrons. The predicted octanol–water partition coefficient (Wildman–Crippen LogP) is 2.94. The fourth-order valence-electron chi connectivity index (χ4n) is 3.36. The highest BCUT2D eigenvalue weighted by Gasteiger charge is 2.31. The van der Waals surface area contributed by atoms with Crippen LogP contribution < -0.4 is 15.4 Å². The zero-order chi connectivity index (χ0) is 13.1. The molecule has 19 heavy (non-hydrogen) atoms. The van der Waals surface area contributed by atoms with Crippen molar-refractivity contribution in [3.05, 3.63) is 24.3 Å². The van der Waals surface area contributed by atoms with Crippen molar-refractivity contribution < 1.29 is 4.74 Å². The Morgan fingerprint density at radius 2 is 1.89 bits per heavy atom. The second kappa shape index (κ2) is 5.41. The number of hydrogen-bond acceptors (Lipinski definition) is 3. The lowest BCUT2D eigenvalue weighted by molar-refractivity contribution is 0.296. The van der Waals surface area contributed by atoms with Crippen molar-refractivity contribution in [3.8, 4) is 5.75 Å². The van der Waals surface area contributed by atoms with Gasteiger partial charge in [-0.3, -0.25) is 0 Å². The minimum Gasteiger partial charge on any atom is -0.491 e. The SMILES string of the molecule is NC1(CN2CCCOc3ccccc32)CCCCC1. The van der Waals surface area contributed by atoms with E-state index in [4.69, 9.17) is 10.5 Å². The number of fused-ring (bicyclic) bond motifs is 1. The summed E-state index contributed by atoms with van der Waals surface area (Å²) in [5.41, 5.74) is 7.83. The van der Waals surface area contributed by atoms with Gasteiger partial charge in [0, 0.05) is 18.6 Å². The van der Waals surface area contributed by atoms with Crippen molar-refractivity contribution in [1.82, 2.24) is 0 Å². The van der Waals surface area contributed by atoms with E-state index in [2.05, 4.69) is 23.1 Å². The van der Waals surface area contributed by atoms with Crippen molar-refractivity contribution in [1.29, 1.82) is 0 Å². The van der Waals surface area contributed by atoms with Crippen LogP contribution in [-0.2, 0) is 0 Å². The van der Waals surface area contributed by atoms with E-state index < -0.39 is 0 Å². The molecule has 0 bridgehead atoms. The molecule has 0 unspecified atom stereocenters. The van der Waals surface area contributed by atoms with Crippen LogP contribution in [0.15, 0.2) is 24.3 Å². The fraction of sp³-hybridized carbons (Fsp3) is 0.625. The third-order valence-corrected chi connectivity index (χ3v) is 4.39. The molecule has 1 fully saturated rings. The van der Waals surface area contributed by atoms with Crippen LogP contribution in [0, 0.1) is 0 Å². The standard InChI is InChI=1S/C16H24N2O/c17-16(9-4-1-5-10-16)13-18-11-6-12-19-15-8-3-2-7-14(15)18/h2-3,7-8H,1,4-6,9-13,17H2. The van der Waals surface area contributed by atoms with Crippen LogP contribution in [0.2, 0.25) is 0 Å². The van der Waals surface area contributed by atoms with Crippen molar-refractivity contribution >= 4 is 5.69 Å². The minimum atomic E-state index is -0.00426. The summed E-state index contributed by atoms with van der Waals surface area (Å²) in [6.07, 6.45) is 7.30. The third-order valence-electron chi connectivity index (χ3n) is 4.39. The van der Waals surface area contributed by atoms with Gasteiger partial charge in [0.05, 0.1) is 12.3 Å². The van der Waals surface area contributed by atoms with Gasteiger partial charge in [-0.05, 0) is 31.4 Å². The van der Waals surface area contributed by atoms with E-state index in [1.165, 1.54) is 24.9 Å². The first-order valence-electron chi connectivity index (χ1n) is 7.53. The molecule has 0 radical (unpaired) electrons. The quantitative estimate of drug-likeness (QED) is 0.888. The van der Waals surface area contributed by atoms with Crippen LogP contribution in [0.4, 0.5) is 5.69 Å². The Morgan fingerprint density at radius 1 is 1.11 bits per heavy atom. The van der Waals surface area contributed by atoms with Gasteiger partial charge in [0.2, 0.25) is 0 Å². The molecule has 0 atom stereocenters. The molecule has 1 aliphatic heterocycles. The number of ether oxygens (including phenoxy) is 1. The summed E-state index contributed by atoms with van der Waals surface area (Å²) >= 11 is 0. The lowest BCUT2D eigenvalue weighted by Crippen LogP contribution is -2.51. The van der Waals surface area contributed by atoms with E-state index in [1.807, 2.05) is 6.07 Å². The summed E-state index contributed by atoms with van der Waals surface area (Å²) < 4.78 is 5.82. The summed E-state index contributed by atoms with van der Waals surface area (Å²) in [6, 6.07) is 8.36. The highest BCUT2D eigenvalue weighted by Crippen LogP contribution is 2.34. The molecule has 1 aliphatic carbocycles. The van der Waals surface area contributed by atoms with E-state index in [-0.39, 0.29) is 5.54 Å². The largest absolute Gasteiger partial charge is 0.491 e. The van der Waals surface area contributed by atoms with Gasteiger partial charge in [-0.1, -0.05) is 31.4 Å². The molecule has 2 aliphatic rings. The first-order valence-corrected chi connectivity index (χ1v) is 7.53. The molecule has 3 nitrogen and oxygen atoms in total. The summed E-state index contributed by atoms with van der Waals surface area (Å²) in [6.45, 7) is 2.83. The van der Waals surface area contributed by atoms with E-state index in [0.717, 1.165) is 44.7 Å². The molecule has 2 N–H and O–H groups in total. The fourth-order valence-corrected chi connectivity index (χ4v) is 3.36. The molecule has 0 spiro atoms. The normalized spacial score (nSPS) is 22.3. The van der Waals surface area contributed by atoms with Crippen LogP contribution in [0.3, 0.4) is 0 Å². The number of nitrogens with zero attached hydrogens (tertiary/aromatic N) is 1. The zero-order valence-electron chi connectivity index (χ0n) is 11.6. The lowest BCUT2D eigenvalue weighted by atomic mass is 9.82. The maximum atomic E-state index is 6.62. The number of rotatable bonds is 2. The molecule has 1 heterocycles. The highest BCUT2D eigenvalue weighted by molar-refractivity contribution is 5.59. The van der Waals surface area contributed by atoms with Crippen molar-refractivity contribution in [2.45, 2.75) is 44.1 Å². The van der Waals surface area contributed by atoms with E-state index in [9.17, 15) is 0 Å². The average Bonchev–Trinajstić information content (AvgIpc) is 2.62. The molecular weight excluding hydrogens is 236 g/mol. The third kappa shape index (κ3) is 2.86. The lowest BCUT2D eigenvalue weighted by Gasteiger charge is -2.38. The van der Waals surface area contributed by atoms with E-state index in [0.29, 0.717) is 0 Å². The molecule has 1 aromatic rings. The maximum Gasteiger partial charge on any atom is 0.142 e. The van der Waals surface area contributed by atoms with Crippen molar-refractivity contribution in [2.24, 2.45) is 5.73 Å². The Bertz CT molecular complexity index is 427. The molecule has 0 aromatic heterocycles. The van der Waals surface area contributed by atoms with Gasteiger partial charge < -0.3 is 15.4 Å². The first-order chi connectivity index (χ1) is 9.27. The van der Waals surface area contributed by atoms with Crippen LogP contribution in [0.5, 0.6) is 5.75 Å². The smallest absolute Gasteiger partial charge is 0.142 e. The molecular formula is C16H24N2O. The first kappa shape index (κ1) is 12.8. The molecule has 0 saturated heterocycles. The monoisotopic (exact) mass is 260 g/mol. The van der Waals surface area contributed by atoms with Gasteiger partial charge in [-0.25, -0.2) is 0 Å². The second-order valence-electron chi connectivity index (χ2n) is 6.01. The number of para-hydroxylation sites is 2. The van der Waals surface area contributed by atoms with Gasteiger partial charge in [-0.15, -0.1) is 0 Å². The van der Waals surface area contributed by atoms with Crippen LogP contribution in [0.25, 0.3) is 0 Å².